The van der Waals surface area contributed by atoms with Crippen molar-refractivity contribution in [3.05, 3.63) is 46.6 Å². The van der Waals surface area contributed by atoms with E-state index in [1.807, 2.05) is 0 Å². The number of rotatable bonds is 6. The second-order valence-corrected chi connectivity index (χ2v) is 10.1. The fraction of sp³-hybridized carbons (Fsp3) is 0.444. The van der Waals surface area contributed by atoms with Gasteiger partial charge in [-0.15, -0.1) is 0 Å². The highest BCUT2D eigenvalue weighted by Gasteiger charge is 2.51. The minimum atomic E-state index is -1.86. The molecule has 2 fully saturated rings. The van der Waals surface area contributed by atoms with Crippen LogP contribution in [-0.4, -0.2) is 114 Å². The predicted molar refractivity (Wildman–Crippen MR) is 139 cm³/mol. The van der Waals surface area contributed by atoms with Crippen molar-refractivity contribution >= 4 is 11.0 Å². The summed E-state index contributed by atoms with van der Waals surface area (Å²) in [6.45, 7) is 0.590. The van der Waals surface area contributed by atoms with Gasteiger partial charge in [0.25, 0.3) is 0 Å². The van der Waals surface area contributed by atoms with Gasteiger partial charge in [-0.1, -0.05) is 0 Å². The maximum Gasteiger partial charge on any atom is 0.230 e. The van der Waals surface area contributed by atoms with E-state index in [-0.39, 0.29) is 17.1 Å². The molecule has 0 unspecified atom stereocenters. The van der Waals surface area contributed by atoms with E-state index >= 15 is 0 Å². The van der Waals surface area contributed by atoms with Gasteiger partial charge in [0.05, 0.1) is 12.7 Å². The molecule has 3 heterocycles. The number of ether oxygens (including phenoxy) is 4. The van der Waals surface area contributed by atoms with Crippen molar-refractivity contribution < 1.29 is 69.3 Å². The molecule has 42 heavy (non-hydrogen) atoms. The lowest BCUT2D eigenvalue weighted by Gasteiger charge is -2.45. The van der Waals surface area contributed by atoms with E-state index in [4.69, 9.17) is 23.4 Å². The average Bonchev–Trinajstić information content (AvgIpc) is 2.95. The van der Waals surface area contributed by atoms with E-state index in [2.05, 4.69) is 0 Å². The first-order chi connectivity index (χ1) is 19.9. The highest BCUT2D eigenvalue weighted by Crippen LogP contribution is 2.43. The Balaban J connectivity index is 1.49. The number of benzene rings is 2. The number of phenols is 3. The van der Waals surface area contributed by atoms with Gasteiger partial charge >= 0.3 is 0 Å². The van der Waals surface area contributed by atoms with E-state index in [0.29, 0.717) is 5.56 Å². The summed E-state index contributed by atoms with van der Waals surface area (Å²) < 4.78 is 27.9. The molecule has 2 aliphatic heterocycles. The van der Waals surface area contributed by atoms with Crippen LogP contribution in [0.15, 0.2) is 45.6 Å². The SMILES string of the molecule is C[C@@H]1O[C@@H](O[C@@H]2[C@H](Oc3c(O)cc4oc(-c5ccc(O)cc5)cc(=O)c4c3O)O[C@@H](CO)[C@H](O)[C@@H]2O)[C@H](O)[C@@H](O)[C@H]1O. The van der Waals surface area contributed by atoms with Crippen molar-refractivity contribution in [1.29, 1.82) is 0 Å². The Bertz CT molecular complexity index is 1470. The van der Waals surface area contributed by atoms with Crippen molar-refractivity contribution in [1.82, 2.24) is 0 Å². The molecule has 2 aromatic carbocycles. The molecule has 0 bridgehead atoms. The molecule has 5 rings (SSSR count). The number of phenolic OH excluding ortho intramolecular Hbond substituents is 3. The largest absolute Gasteiger partial charge is 0.508 e. The van der Waals surface area contributed by atoms with Gasteiger partial charge < -0.3 is 69.3 Å². The summed E-state index contributed by atoms with van der Waals surface area (Å²) in [7, 11) is 0. The predicted octanol–water partition coefficient (Wildman–Crippen LogP) is -1.39. The van der Waals surface area contributed by atoms with Crippen LogP contribution in [0.2, 0.25) is 0 Å². The Morgan fingerprint density at radius 1 is 0.833 bits per heavy atom. The molecule has 15 heteroatoms. The Morgan fingerprint density at radius 3 is 2.19 bits per heavy atom. The van der Waals surface area contributed by atoms with Crippen LogP contribution in [0.4, 0.5) is 0 Å². The second kappa shape index (κ2) is 11.6. The van der Waals surface area contributed by atoms with Gasteiger partial charge in [-0.25, -0.2) is 0 Å². The molecule has 10 atom stereocenters. The number of hydrogen-bond acceptors (Lipinski definition) is 15. The second-order valence-electron chi connectivity index (χ2n) is 10.1. The highest BCUT2D eigenvalue weighted by molar-refractivity contribution is 5.89. The first kappa shape index (κ1) is 30.0. The zero-order valence-corrected chi connectivity index (χ0v) is 21.9. The van der Waals surface area contributed by atoms with Gasteiger partial charge in [-0.2, -0.15) is 0 Å². The van der Waals surface area contributed by atoms with Gasteiger partial charge in [0.2, 0.25) is 12.0 Å². The van der Waals surface area contributed by atoms with Crippen molar-refractivity contribution in [2.24, 2.45) is 0 Å². The maximum atomic E-state index is 13.0. The zero-order valence-electron chi connectivity index (χ0n) is 21.9. The van der Waals surface area contributed by atoms with E-state index in [9.17, 15) is 50.8 Å². The van der Waals surface area contributed by atoms with E-state index in [1.54, 1.807) is 0 Å². The summed E-state index contributed by atoms with van der Waals surface area (Å²) in [5.74, 6) is -2.27. The number of hydrogen-bond donors (Lipinski definition) is 9. The van der Waals surface area contributed by atoms with Gasteiger partial charge in [0.15, 0.2) is 29.3 Å². The van der Waals surface area contributed by atoms with Gasteiger partial charge in [0, 0.05) is 17.7 Å². The van der Waals surface area contributed by atoms with Gasteiger partial charge in [-0.05, 0) is 31.2 Å². The lowest BCUT2D eigenvalue weighted by Crippen LogP contribution is -2.64. The number of fused-ring (bicyclic) bond motifs is 1. The molecule has 2 aliphatic rings. The quantitative estimate of drug-likeness (QED) is 0.159. The third-order valence-electron chi connectivity index (χ3n) is 7.24. The molecule has 9 N–H and O–H groups in total. The summed E-state index contributed by atoms with van der Waals surface area (Å²) in [6, 6.07) is 7.78. The number of aliphatic hydroxyl groups excluding tert-OH is 6. The van der Waals surface area contributed by atoms with Crippen LogP contribution in [0.3, 0.4) is 0 Å². The van der Waals surface area contributed by atoms with Crippen molar-refractivity contribution in [2.45, 2.75) is 68.3 Å². The Kier molecular flexibility index (Phi) is 8.30. The zero-order chi connectivity index (χ0) is 30.5. The Labute approximate surface area is 236 Å². The van der Waals surface area contributed by atoms with Crippen LogP contribution in [0, 0.1) is 0 Å². The number of aliphatic hydroxyl groups is 6. The summed E-state index contributed by atoms with van der Waals surface area (Å²) in [4.78, 5) is 13.0. The molecule has 1 aromatic heterocycles. The summed E-state index contributed by atoms with van der Waals surface area (Å²) in [5, 5.41) is 92.2. The first-order valence-corrected chi connectivity index (χ1v) is 12.9. The summed E-state index contributed by atoms with van der Waals surface area (Å²) in [5.41, 5.74) is -0.541. The molecular weight excluding hydrogens is 564 g/mol. The van der Waals surface area contributed by atoms with Crippen molar-refractivity contribution in [2.75, 3.05) is 6.61 Å². The minimum absolute atomic E-state index is 0.0138. The first-order valence-electron chi connectivity index (χ1n) is 12.9. The monoisotopic (exact) mass is 594 g/mol. The normalized spacial score (nSPS) is 33.5. The van der Waals surface area contributed by atoms with E-state index in [0.717, 1.165) is 12.1 Å². The molecule has 3 aromatic rings. The smallest absolute Gasteiger partial charge is 0.230 e. The van der Waals surface area contributed by atoms with E-state index < -0.39 is 96.1 Å². The number of aromatic hydroxyl groups is 3. The lowest BCUT2D eigenvalue weighted by atomic mass is 9.97. The molecule has 0 aliphatic carbocycles. The molecule has 228 valence electrons. The Hall–Kier alpha value is -3.51. The molecule has 0 amide bonds. The van der Waals surface area contributed by atoms with Gasteiger partial charge in [0.1, 0.15) is 59.1 Å². The average molecular weight is 595 g/mol. The van der Waals surface area contributed by atoms with Crippen LogP contribution in [-0.2, 0) is 14.2 Å². The van der Waals surface area contributed by atoms with Crippen LogP contribution in [0.25, 0.3) is 22.3 Å². The Morgan fingerprint density at radius 2 is 1.52 bits per heavy atom. The lowest BCUT2D eigenvalue weighted by molar-refractivity contribution is -0.354. The molecule has 0 radical (unpaired) electrons. The summed E-state index contributed by atoms with van der Waals surface area (Å²) >= 11 is 0. The molecular formula is C27H30O15. The van der Waals surface area contributed by atoms with Crippen LogP contribution in [0.1, 0.15) is 6.92 Å². The topological polar surface area (TPSA) is 249 Å². The molecule has 15 nitrogen and oxygen atoms in total. The van der Waals surface area contributed by atoms with Crippen LogP contribution < -0.4 is 10.2 Å². The summed E-state index contributed by atoms with van der Waals surface area (Å²) in [6.07, 6.45) is -16.3. The minimum Gasteiger partial charge on any atom is -0.508 e. The standard InChI is InChI=1S/C27H30O15/c1-9-18(32)21(35)23(37)26(38-9)42-25-22(36)19(33)16(8-28)40-27(25)41-24-13(31)7-15-17(20(24)34)12(30)6-14(39-15)10-2-4-11(29)5-3-10/h2-7,9,16,18-19,21-23,25-29,31-37H,8H2,1H3/t9-,16-,18-,19-,21-,22-,23+,25-,26-,27-/m0/s1. The fourth-order valence-electron chi connectivity index (χ4n) is 4.85. The third kappa shape index (κ3) is 5.37. The molecule has 0 saturated carbocycles. The highest BCUT2D eigenvalue weighted by atomic mass is 16.8. The fourth-order valence-corrected chi connectivity index (χ4v) is 4.85. The van der Waals surface area contributed by atoms with E-state index in [1.165, 1.54) is 31.2 Å². The molecule has 0 spiro atoms. The molecule has 2 saturated heterocycles. The van der Waals surface area contributed by atoms with Gasteiger partial charge in [-0.3, -0.25) is 4.79 Å². The van der Waals surface area contributed by atoms with Crippen LogP contribution >= 0.6 is 0 Å². The van der Waals surface area contributed by atoms with Crippen molar-refractivity contribution in [3.8, 4) is 34.3 Å². The van der Waals surface area contributed by atoms with Crippen molar-refractivity contribution in [3.63, 3.8) is 0 Å². The van der Waals surface area contributed by atoms with Crippen LogP contribution in [0.5, 0.6) is 23.0 Å². The maximum absolute atomic E-state index is 13.0. The third-order valence-corrected chi connectivity index (χ3v) is 7.24.